The Morgan fingerprint density at radius 3 is 3.16 bits per heavy atom. The lowest BCUT2D eigenvalue weighted by Crippen LogP contribution is -2.49. The van der Waals surface area contributed by atoms with Gasteiger partial charge in [0.05, 0.1) is 12.7 Å². The third kappa shape index (κ3) is 4.09. The van der Waals surface area contributed by atoms with Crippen molar-refractivity contribution in [3.63, 3.8) is 0 Å². The van der Waals surface area contributed by atoms with E-state index in [4.69, 9.17) is 16.3 Å². The van der Waals surface area contributed by atoms with Crippen molar-refractivity contribution in [3.8, 4) is 0 Å². The van der Waals surface area contributed by atoms with Crippen LogP contribution in [0.15, 0.2) is 24.3 Å². The number of carbonyl (C=O) groups is 1. The van der Waals surface area contributed by atoms with Crippen molar-refractivity contribution < 1.29 is 9.53 Å². The highest BCUT2D eigenvalue weighted by atomic mass is 35.5. The second kappa shape index (κ2) is 6.75. The van der Waals surface area contributed by atoms with E-state index in [0.29, 0.717) is 30.4 Å². The summed E-state index contributed by atoms with van der Waals surface area (Å²) in [6.45, 7) is 2.50. The third-order valence-corrected chi connectivity index (χ3v) is 3.17. The van der Waals surface area contributed by atoms with Crippen molar-refractivity contribution in [2.24, 2.45) is 0 Å². The minimum Gasteiger partial charge on any atom is -0.373 e. The van der Waals surface area contributed by atoms with E-state index in [1.807, 2.05) is 13.1 Å². The molecule has 0 spiro atoms. The number of benzene rings is 1. The molecule has 104 valence electrons. The fourth-order valence-electron chi connectivity index (χ4n) is 2.02. The van der Waals surface area contributed by atoms with Gasteiger partial charge in [-0.25, -0.2) is 4.79 Å². The van der Waals surface area contributed by atoms with Crippen molar-refractivity contribution >= 4 is 23.3 Å². The van der Waals surface area contributed by atoms with E-state index in [-0.39, 0.29) is 12.1 Å². The number of likely N-dealkylation sites (N-methyl/N-ethyl adjacent to an activating group) is 1. The number of rotatable bonds is 3. The summed E-state index contributed by atoms with van der Waals surface area (Å²) < 4.78 is 5.56. The van der Waals surface area contributed by atoms with E-state index in [9.17, 15) is 4.79 Å². The highest BCUT2D eigenvalue weighted by Crippen LogP contribution is 2.16. The summed E-state index contributed by atoms with van der Waals surface area (Å²) in [7, 11) is 1.87. The van der Waals surface area contributed by atoms with Crippen LogP contribution < -0.4 is 10.6 Å². The molecule has 19 heavy (non-hydrogen) atoms. The molecule has 0 aliphatic carbocycles. The van der Waals surface area contributed by atoms with Gasteiger partial charge in [-0.1, -0.05) is 17.7 Å². The Morgan fingerprint density at radius 1 is 1.58 bits per heavy atom. The maximum atomic E-state index is 12.1. The first kappa shape index (κ1) is 14.1. The predicted octanol–water partition coefficient (Wildman–Crippen LogP) is 1.79. The van der Waals surface area contributed by atoms with Crippen molar-refractivity contribution in [3.05, 3.63) is 29.3 Å². The van der Waals surface area contributed by atoms with Gasteiger partial charge in [0.2, 0.25) is 0 Å². The van der Waals surface area contributed by atoms with Gasteiger partial charge >= 0.3 is 6.03 Å². The predicted molar refractivity (Wildman–Crippen MR) is 75.7 cm³/mol. The summed E-state index contributed by atoms with van der Waals surface area (Å²) in [5.74, 6) is 0. The topological polar surface area (TPSA) is 53.6 Å². The van der Waals surface area contributed by atoms with E-state index in [1.54, 1.807) is 23.1 Å². The van der Waals surface area contributed by atoms with Gasteiger partial charge < -0.3 is 20.3 Å². The summed E-state index contributed by atoms with van der Waals surface area (Å²) in [5, 5.41) is 6.50. The zero-order chi connectivity index (χ0) is 13.7. The normalized spacial score (nSPS) is 19.3. The number of hydrogen-bond donors (Lipinski definition) is 2. The zero-order valence-corrected chi connectivity index (χ0v) is 11.6. The molecule has 0 saturated carbocycles. The van der Waals surface area contributed by atoms with E-state index in [0.717, 1.165) is 6.54 Å². The van der Waals surface area contributed by atoms with Gasteiger partial charge in [0.1, 0.15) is 0 Å². The Kier molecular flexibility index (Phi) is 5.01. The van der Waals surface area contributed by atoms with Crippen molar-refractivity contribution in [1.29, 1.82) is 0 Å². The Bertz CT molecular complexity index is 440. The number of nitrogens with zero attached hydrogens (tertiary/aromatic N) is 1. The first-order valence-corrected chi connectivity index (χ1v) is 6.64. The molecule has 2 amide bonds. The Morgan fingerprint density at radius 2 is 2.42 bits per heavy atom. The van der Waals surface area contributed by atoms with Gasteiger partial charge in [-0.2, -0.15) is 0 Å². The van der Waals surface area contributed by atoms with Gasteiger partial charge in [0, 0.05) is 30.3 Å². The lowest BCUT2D eigenvalue weighted by atomic mass is 10.2. The van der Waals surface area contributed by atoms with Gasteiger partial charge in [-0.15, -0.1) is 0 Å². The smallest absolute Gasteiger partial charge is 0.322 e. The molecule has 1 unspecified atom stereocenters. The Labute approximate surface area is 117 Å². The third-order valence-electron chi connectivity index (χ3n) is 2.93. The largest absolute Gasteiger partial charge is 0.373 e. The molecule has 1 atom stereocenters. The van der Waals surface area contributed by atoms with Crippen LogP contribution in [0.5, 0.6) is 0 Å². The first-order valence-electron chi connectivity index (χ1n) is 6.26. The van der Waals surface area contributed by atoms with E-state index >= 15 is 0 Å². The Hall–Kier alpha value is -1.30. The number of urea groups is 1. The number of ether oxygens (including phenoxy) is 1. The molecule has 5 nitrogen and oxygen atoms in total. The number of hydrogen-bond acceptors (Lipinski definition) is 3. The molecule has 1 fully saturated rings. The lowest BCUT2D eigenvalue weighted by Gasteiger charge is -2.32. The number of nitrogens with one attached hydrogen (secondary N) is 2. The number of morpholine rings is 1. The number of anilines is 1. The van der Waals surface area contributed by atoms with Crippen LogP contribution in [0.25, 0.3) is 0 Å². The van der Waals surface area contributed by atoms with Gasteiger partial charge in [0.15, 0.2) is 0 Å². The summed E-state index contributed by atoms with van der Waals surface area (Å²) in [6, 6.07) is 7.00. The molecule has 2 N–H and O–H groups in total. The molecule has 2 rings (SSSR count). The molecule has 1 heterocycles. The average molecular weight is 284 g/mol. The lowest BCUT2D eigenvalue weighted by molar-refractivity contribution is -0.00999. The zero-order valence-electron chi connectivity index (χ0n) is 10.9. The van der Waals surface area contributed by atoms with E-state index < -0.39 is 0 Å². The molecule has 0 aromatic heterocycles. The van der Waals surface area contributed by atoms with Crippen molar-refractivity contribution in [1.82, 2.24) is 10.2 Å². The van der Waals surface area contributed by atoms with Crippen LogP contribution in [0.4, 0.5) is 10.5 Å². The van der Waals surface area contributed by atoms with E-state index in [2.05, 4.69) is 10.6 Å². The maximum absolute atomic E-state index is 12.1. The molecule has 1 aromatic carbocycles. The highest BCUT2D eigenvalue weighted by Gasteiger charge is 2.23. The van der Waals surface area contributed by atoms with Crippen molar-refractivity contribution in [2.45, 2.75) is 6.10 Å². The fraction of sp³-hybridized carbons (Fsp3) is 0.462. The Balaban J connectivity index is 1.92. The number of halogens is 1. The number of amides is 2. The minimum atomic E-state index is -0.119. The SMILES string of the molecule is CNCC1CN(C(=O)Nc2cccc(Cl)c2)CCO1. The molecule has 0 bridgehead atoms. The van der Waals surface area contributed by atoms with E-state index in [1.165, 1.54) is 0 Å². The maximum Gasteiger partial charge on any atom is 0.322 e. The molecular formula is C13H18ClN3O2. The standard InChI is InChI=1S/C13H18ClN3O2/c1-15-8-12-9-17(5-6-19-12)13(18)16-11-4-2-3-10(14)7-11/h2-4,7,12,15H,5-6,8-9H2,1H3,(H,16,18). The van der Waals surface area contributed by atoms with Crippen LogP contribution in [0.2, 0.25) is 5.02 Å². The van der Waals surface area contributed by atoms with Crippen LogP contribution in [0.1, 0.15) is 0 Å². The van der Waals surface area contributed by atoms with Crippen molar-refractivity contribution in [2.75, 3.05) is 38.6 Å². The second-order valence-corrected chi connectivity index (χ2v) is 4.87. The van der Waals surface area contributed by atoms with Gasteiger partial charge in [0.25, 0.3) is 0 Å². The van der Waals surface area contributed by atoms with Crippen LogP contribution >= 0.6 is 11.6 Å². The summed E-state index contributed by atoms with van der Waals surface area (Å²) in [4.78, 5) is 13.9. The fourth-order valence-corrected chi connectivity index (χ4v) is 2.21. The minimum absolute atomic E-state index is 0.0452. The van der Waals surface area contributed by atoms with Crippen LogP contribution in [-0.4, -0.2) is 50.3 Å². The molecule has 1 aliphatic heterocycles. The summed E-state index contributed by atoms with van der Waals surface area (Å²) in [6.07, 6.45) is 0.0452. The summed E-state index contributed by atoms with van der Waals surface area (Å²) >= 11 is 5.89. The quantitative estimate of drug-likeness (QED) is 0.889. The molecule has 1 aromatic rings. The monoisotopic (exact) mass is 283 g/mol. The van der Waals surface area contributed by atoms with Gasteiger partial charge in [-0.05, 0) is 25.2 Å². The molecule has 6 heteroatoms. The first-order chi connectivity index (χ1) is 9.19. The molecule has 1 saturated heterocycles. The highest BCUT2D eigenvalue weighted by molar-refractivity contribution is 6.30. The second-order valence-electron chi connectivity index (χ2n) is 4.44. The molecular weight excluding hydrogens is 266 g/mol. The average Bonchev–Trinajstić information content (AvgIpc) is 2.39. The molecule has 0 radical (unpaired) electrons. The van der Waals surface area contributed by atoms with Crippen LogP contribution in [-0.2, 0) is 4.74 Å². The van der Waals surface area contributed by atoms with Gasteiger partial charge in [-0.3, -0.25) is 0 Å². The molecule has 1 aliphatic rings. The number of carbonyl (C=O) groups excluding carboxylic acids is 1. The summed E-state index contributed by atoms with van der Waals surface area (Å²) in [5.41, 5.74) is 0.703. The van der Waals surface area contributed by atoms with Crippen LogP contribution in [0, 0.1) is 0 Å². The van der Waals surface area contributed by atoms with Crippen LogP contribution in [0.3, 0.4) is 0 Å².